The summed E-state index contributed by atoms with van der Waals surface area (Å²) in [7, 11) is 0. The van der Waals surface area contributed by atoms with E-state index >= 15 is 4.39 Å². The van der Waals surface area contributed by atoms with Gasteiger partial charge in [0, 0.05) is 24.2 Å². The summed E-state index contributed by atoms with van der Waals surface area (Å²) in [6, 6.07) is 12.0. The molecule has 2 atom stereocenters. The van der Waals surface area contributed by atoms with Gasteiger partial charge < -0.3 is 5.32 Å². The van der Waals surface area contributed by atoms with Crippen LogP contribution in [0.25, 0.3) is 16.5 Å². The maximum atomic E-state index is 15.4. The van der Waals surface area contributed by atoms with Crippen LogP contribution in [0.1, 0.15) is 46.9 Å². The molecule has 0 radical (unpaired) electrons. The highest BCUT2D eigenvalue weighted by molar-refractivity contribution is 6.20. The van der Waals surface area contributed by atoms with Crippen LogP contribution < -0.4 is 10.2 Å². The summed E-state index contributed by atoms with van der Waals surface area (Å²) in [4.78, 5) is 21.4. The average molecular weight is 494 g/mol. The third-order valence-electron chi connectivity index (χ3n) is 6.26. The number of tetrazole rings is 1. The first-order valence-electron chi connectivity index (χ1n) is 11.6. The second kappa shape index (κ2) is 9.67. The fourth-order valence-corrected chi connectivity index (χ4v) is 4.57. The molecule has 1 fully saturated rings. The number of piperidine rings is 1. The number of hydrogen-bond donors (Lipinski definition) is 1. The molecule has 1 aliphatic rings. The second-order valence-electron chi connectivity index (χ2n) is 8.70. The van der Waals surface area contributed by atoms with Crippen LogP contribution in [0.5, 0.6) is 0 Å². The van der Waals surface area contributed by atoms with E-state index in [4.69, 9.17) is 11.6 Å². The average Bonchev–Trinajstić information content (AvgIpc) is 3.36. The van der Waals surface area contributed by atoms with Crippen molar-refractivity contribution in [3.8, 4) is 5.69 Å². The lowest BCUT2D eigenvalue weighted by atomic mass is 10.0. The number of aryl methyl sites for hydroxylation is 1. The molecule has 2 aromatic carbocycles. The third-order valence-corrected chi connectivity index (χ3v) is 6.46. The van der Waals surface area contributed by atoms with Crippen LogP contribution in [0.3, 0.4) is 0 Å². The van der Waals surface area contributed by atoms with Crippen molar-refractivity contribution in [2.75, 3.05) is 18.0 Å². The van der Waals surface area contributed by atoms with Gasteiger partial charge in [-0.05, 0) is 67.6 Å². The Morgan fingerprint density at radius 1 is 1.29 bits per heavy atom. The fraction of sp³-hybridized carbons (Fsp3) is 0.320. The van der Waals surface area contributed by atoms with E-state index in [1.54, 1.807) is 24.1 Å². The fourth-order valence-electron chi connectivity index (χ4n) is 4.48. The SMILES string of the molecule is Cc1cccc2ccnc(N(C(=O)c3ccc(-n4nnc(C(C)Cl)n4)cc3F)[C@@H]3CCCNC3)c12. The van der Waals surface area contributed by atoms with Gasteiger partial charge in [0.15, 0.2) is 5.82 Å². The van der Waals surface area contributed by atoms with Gasteiger partial charge in [-0.1, -0.05) is 18.2 Å². The summed E-state index contributed by atoms with van der Waals surface area (Å²) in [5, 5.41) is 16.8. The van der Waals surface area contributed by atoms with Gasteiger partial charge in [0.25, 0.3) is 5.91 Å². The Balaban J connectivity index is 1.57. The minimum Gasteiger partial charge on any atom is -0.315 e. The minimum absolute atomic E-state index is 0.0437. The highest BCUT2D eigenvalue weighted by atomic mass is 35.5. The monoisotopic (exact) mass is 493 g/mol. The maximum Gasteiger partial charge on any atom is 0.262 e. The van der Waals surface area contributed by atoms with E-state index in [1.807, 2.05) is 31.2 Å². The summed E-state index contributed by atoms with van der Waals surface area (Å²) in [5.74, 6) is -0.231. The van der Waals surface area contributed by atoms with E-state index in [2.05, 4.69) is 25.7 Å². The van der Waals surface area contributed by atoms with Crippen molar-refractivity contribution in [2.45, 2.75) is 38.1 Å². The van der Waals surface area contributed by atoms with Crippen LogP contribution in [0, 0.1) is 12.7 Å². The predicted molar refractivity (Wildman–Crippen MR) is 133 cm³/mol. The highest BCUT2D eigenvalue weighted by Crippen LogP contribution is 2.32. The molecular weight excluding hydrogens is 469 g/mol. The molecule has 180 valence electrons. The first-order valence-corrected chi connectivity index (χ1v) is 12.0. The Labute approximate surface area is 207 Å². The van der Waals surface area contributed by atoms with Gasteiger partial charge in [0.1, 0.15) is 11.6 Å². The lowest BCUT2D eigenvalue weighted by Gasteiger charge is -2.35. The van der Waals surface area contributed by atoms with E-state index in [-0.39, 0.29) is 11.6 Å². The number of nitrogens with zero attached hydrogens (tertiary/aromatic N) is 6. The molecule has 2 aromatic heterocycles. The van der Waals surface area contributed by atoms with E-state index in [0.29, 0.717) is 23.9 Å². The molecule has 0 bridgehead atoms. The van der Waals surface area contributed by atoms with Crippen molar-refractivity contribution < 1.29 is 9.18 Å². The number of nitrogens with one attached hydrogen (secondary N) is 1. The number of benzene rings is 2. The zero-order valence-electron chi connectivity index (χ0n) is 19.4. The number of rotatable bonds is 5. The molecule has 10 heteroatoms. The van der Waals surface area contributed by atoms with Crippen molar-refractivity contribution in [3.05, 3.63) is 71.4 Å². The number of aromatic nitrogens is 5. The lowest BCUT2D eigenvalue weighted by Crippen LogP contribution is -2.49. The van der Waals surface area contributed by atoms with Crippen molar-refractivity contribution in [3.63, 3.8) is 0 Å². The molecule has 1 amide bonds. The number of hydrogen-bond acceptors (Lipinski definition) is 6. The van der Waals surface area contributed by atoms with Gasteiger partial charge in [0.05, 0.1) is 22.7 Å². The summed E-state index contributed by atoms with van der Waals surface area (Å²) >= 11 is 6.01. The summed E-state index contributed by atoms with van der Waals surface area (Å²) < 4.78 is 15.4. The first-order chi connectivity index (χ1) is 16.9. The molecule has 1 saturated heterocycles. The Morgan fingerprint density at radius 3 is 2.86 bits per heavy atom. The molecule has 0 saturated carbocycles. The quantitative estimate of drug-likeness (QED) is 0.416. The standard InChI is InChI=1S/C25H25ClFN7O/c1-15-5-3-6-17-10-12-29-24(22(15)17)33(19-7-4-11-28-14-19)25(35)20-9-8-18(13-21(20)27)34-31-23(16(2)26)30-32-34/h3,5-6,8-10,12-13,16,19,28H,4,7,11,14H2,1-2H3/t16?,19-/m1/s1. The van der Waals surface area contributed by atoms with Gasteiger partial charge in [0.2, 0.25) is 0 Å². The molecule has 1 aliphatic heterocycles. The summed E-state index contributed by atoms with van der Waals surface area (Å²) in [5.41, 5.74) is 1.31. The minimum atomic E-state index is -0.670. The van der Waals surface area contributed by atoms with E-state index in [0.717, 1.165) is 35.7 Å². The first kappa shape index (κ1) is 23.3. The van der Waals surface area contributed by atoms with Crippen LogP contribution in [0.15, 0.2) is 48.7 Å². The summed E-state index contributed by atoms with van der Waals surface area (Å²) in [6.07, 6.45) is 3.41. The molecule has 8 nitrogen and oxygen atoms in total. The van der Waals surface area contributed by atoms with E-state index < -0.39 is 17.1 Å². The summed E-state index contributed by atoms with van der Waals surface area (Å²) in [6.45, 7) is 5.21. The van der Waals surface area contributed by atoms with Crippen LogP contribution >= 0.6 is 11.6 Å². The Kier molecular flexibility index (Phi) is 6.44. The number of fused-ring (bicyclic) bond motifs is 1. The van der Waals surface area contributed by atoms with Gasteiger partial charge >= 0.3 is 0 Å². The molecule has 1 N–H and O–H groups in total. The van der Waals surface area contributed by atoms with Crippen molar-refractivity contribution >= 4 is 34.1 Å². The van der Waals surface area contributed by atoms with Gasteiger partial charge in [-0.2, -0.15) is 0 Å². The number of pyridine rings is 1. The molecule has 0 spiro atoms. The molecule has 0 aliphatic carbocycles. The van der Waals surface area contributed by atoms with Gasteiger partial charge in [-0.25, -0.2) is 9.37 Å². The molecule has 35 heavy (non-hydrogen) atoms. The number of carbonyl (C=O) groups excluding carboxylic acids is 1. The smallest absolute Gasteiger partial charge is 0.262 e. The predicted octanol–water partition coefficient (Wildman–Crippen LogP) is 4.36. The molecule has 1 unspecified atom stereocenters. The lowest BCUT2D eigenvalue weighted by molar-refractivity contribution is 0.0968. The maximum absolute atomic E-state index is 15.4. The Bertz CT molecular complexity index is 1380. The number of amides is 1. The van der Waals surface area contributed by atoms with Crippen LogP contribution in [-0.2, 0) is 0 Å². The van der Waals surface area contributed by atoms with Crippen LogP contribution in [-0.4, -0.2) is 50.2 Å². The molecule has 4 aromatic rings. The number of carbonyl (C=O) groups is 1. The molecule has 3 heterocycles. The van der Waals surface area contributed by atoms with E-state index in [9.17, 15) is 4.79 Å². The largest absolute Gasteiger partial charge is 0.315 e. The molecule has 5 rings (SSSR count). The van der Waals surface area contributed by atoms with Gasteiger partial charge in [-0.15, -0.1) is 26.6 Å². The third kappa shape index (κ3) is 4.49. The number of halogens is 2. The van der Waals surface area contributed by atoms with Crippen molar-refractivity contribution in [1.82, 2.24) is 30.5 Å². The zero-order chi connectivity index (χ0) is 24.5. The topological polar surface area (TPSA) is 88.8 Å². The van der Waals surface area contributed by atoms with Crippen molar-refractivity contribution in [2.24, 2.45) is 0 Å². The second-order valence-corrected chi connectivity index (χ2v) is 9.35. The Morgan fingerprint density at radius 2 is 2.14 bits per heavy atom. The van der Waals surface area contributed by atoms with E-state index in [1.165, 1.54) is 16.9 Å². The van der Waals surface area contributed by atoms with Crippen molar-refractivity contribution in [1.29, 1.82) is 0 Å². The number of alkyl halides is 1. The zero-order valence-corrected chi connectivity index (χ0v) is 20.2. The highest BCUT2D eigenvalue weighted by Gasteiger charge is 2.31. The van der Waals surface area contributed by atoms with Crippen LogP contribution in [0.2, 0.25) is 0 Å². The number of anilines is 1. The Hall–Kier alpha value is -3.43. The molecular formula is C25H25ClFN7O. The normalized spacial score (nSPS) is 16.9. The van der Waals surface area contributed by atoms with Gasteiger partial charge in [-0.3, -0.25) is 9.69 Å². The van der Waals surface area contributed by atoms with Crippen LogP contribution in [0.4, 0.5) is 10.2 Å².